The normalized spacial score (nSPS) is 31.3. The van der Waals surface area contributed by atoms with E-state index >= 15 is 0 Å². The van der Waals surface area contributed by atoms with Crippen LogP contribution in [0.3, 0.4) is 0 Å². The molecular weight excluding hydrogens is 516 g/mol. The molecule has 1 N–H and O–H groups in total. The highest BCUT2D eigenvalue weighted by Gasteiger charge is 2.67. The second kappa shape index (κ2) is 8.06. The van der Waals surface area contributed by atoms with Crippen LogP contribution in [0.5, 0.6) is 0 Å². The number of imide groups is 1. The molecule has 2 aromatic rings. The second-order valence-corrected chi connectivity index (χ2v) is 11.2. The van der Waals surface area contributed by atoms with Gasteiger partial charge in [0.1, 0.15) is 6.04 Å². The quantitative estimate of drug-likeness (QED) is 0.429. The van der Waals surface area contributed by atoms with Gasteiger partial charge in [-0.1, -0.05) is 54.1 Å². The number of carbonyl (C=O) groups excluding carboxylic acids is 3. The summed E-state index contributed by atoms with van der Waals surface area (Å²) >= 11 is 9.77. The number of amides is 3. The molecule has 2 saturated carbocycles. The van der Waals surface area contributed by atoms with Crippen LogP contribution in [0.4, 0.5) is 5.69 Å². The van der Waals surface area contributed by atoms with Crippen molar-refractivity contribution < 1.29 is 14.4 Å². The van der Waals surface area contributed by atoms with Gasteiger partial charge in [-0.05, 0) is 76.2 Å². The Morgan fingerprint density at radius 1 is 1.06 bits per heavy atom. The molecule has 1 saturated heterocycles. The van der Waals surface area contributed by atoms with Crippen molar-refractivity contribution in [3.8, 4) is 0 Å². The van der Waals surface area contributed by atoms with Gasteiger partial charge in [0.25, 0.3) is 0 Å². The van der Waals surface area contributed by atoms with Gasteiger partial charge in [0.05, 0.1) is 16.9 Å². The Labute approximate surface area is 211 Å². The van der Waals surface area contributed by atoms with E-state index in [-0.39, 0.29) is 47.8 Å². The fourth-order valence-electron chi connectivity index (χ4n) is 6.43. The number of halogens is 2. The molecule has 3 amide bonds. The minimum absolute atomic E-state index is 0.120. The van der Waals surface area contributed by atoms with Crippen LogP contribution in [0.25, 0.3) is 0 Å². The molecule has 0 spiro atoms. The molecule has 4 aliphatic carbocycles. The average Bonchev–Trinajstić information content (AvgIpc) is 3.62. The number of likely N-dealkylation sites (tertiary alicyclic amines) is 1. The van der Waals surface area contributed by atoms with Crippen molar-refractivity contribution in [2.24, 2.45) is 35.5 Å². The van der Waals surface area contributed by atoms with Crippen LogP contribution in [0.15, 0.2) is 59.1 Å². The largest absolute Gasteiger partial charge is 0.324 e. The van der Waals surface area contributed by atoms with Crippen molar-refractivity contribution in [1.82, 2.24) is 4.90 Å². The number of anilines is 1. The molecule has 1 aliphatic heterocycles. The number of nitrogens with one attached hydrogen (secondary N) is 1. The van der Waals surface area contributed by atoms with E-state index in [1.807, 2.05) is 37.3 Å². The van der Waals surface area contributed by atoms with Gasteiger partial charge in [-0.25, -0.2) is 0 Å². The number of rotatable bonds is 5. The second-order valence-electron chi connectivity index (χ2n) is 9.93. The molecule has 2 aromatic carbocycles. The van der Waals surface area contributed by atoms with Gasteiger partial charge in [-0.2, -0.15) is 0 Å². The molecule has 0 unspecified atom stereocenters. The fourth-order valence-corrected chi connectivity index (χ4v) is 7.02. The highest BCUT2D eigenvalue weighted by Crippen LogP contribution is 2.65. The average molecular weight is 540 g/mol. The van der Waals surface area contributed by atoms with Crippen LogP contribution in [-0.4, -0.2) is 28.7 Å². The Morgan fingerprint density at radius 3 is 2.29 bits per heavy atom. The number of carbonyl (C=O) groups is 3. The molecule has 5 nitrogen and oxygen atoms in total. The summed E-state index contributed by atoms with van der Waals surface area (Å²) in [7, 11) is 0. The van der Waals surface area contributed by atoms with E-state index in [1.165, 1.54) is 4.90 Å². The molecule has 0 radical (unpaired) electrons. The van der Waals surface area contributed by atoms with Gasteiger partial charge in [0.2, 0.25) is 17.7 Å². The molecular formula is C27H24BrClN2O3. The minimum atomic E-state index is -0.925. The lowest BCUT2D eigenvalue weighted by atomic mass is 9.63. The van der Waals surface area contributed by atoms with Gasteiger partial charge in [0, 0.05) is 16.6 Å². The minimum Gasteiger partial charge on any atom is -0.324 e. The molecule has 1 heterocycles. The lowest BCUT2D eigenvalue weighted by molar-refractivity contribution is -0.146. The maximum absolute atomic E-state index is 13.7. The van der Waals surface area contributed by atoms with Crippen molar-refractivity contribution in [3.05, 3.63) is 75.2 Å². The molecule has 34 heavy (non-hydrogen) atoms. The van der Waals surface area contributed by atoms with Crippen molar-refractivity contribution in [2.45, 2.75) is 25.8 Å². The summed E-state index contributed by atoms with van der Waals surface area (Å²) in [5, 5.41) is 3.46. The van der Waals surface area contributed by atoms with E-state index < -0.39 is 6.04 Å². The van der Waals surface area contributed by atoms with Crippen LogP contribution in [0.1, 0.15) is 17.5 Å². The van der Waals surface area contributed by atoms with Gasteiger partial charge in [-0.15, -0.1) is 0 Å². The number of hydrogen-bond acceptors (Lipinski definition) is 3. The number of hydrogen-bond donors (Lipinski definition) is 1. The molecule has 7 heteroatoms. The first-order chi connectivity index (χ1) is 16.4. The fraction of sp³-hybridized carbons (Fsp3) is 0.370. The predicted molar refractivity (Wildman–Crippen MR) is 133 cm³/mol. The maximum Gasteiger partial charge on any atom is 0.248 e. The summed E-state index contributed by atoms with van der Waals surface area (Å²) in [4.78, 5) is 42.4. The van der Waals surface area contributed by atoms with Gasteiger partial charge >= 0.3 is 0 Å². The summed E-state index contributed by atoms with van der Waals surface area (Å²) < 4.78 is 0.737. The zero-order chi connectivity index (χ0) is 23.7. The molecule has 7 atom stereocenters. The first-order valence-electron chi connectivity index (χ1n) is 11.7. The highest BCUT2D eigenvalue weighted by molar-refractivity contribution is 9.10. The standard InChI is InChI=1S/C27H24BrClN2O3/c1-13-20(10-9-19(28)24(13)29)30-25(32)21(11-14-5-3-2-4-6-14)31-26(33)22-15-7-8-16(18-12-17(15)18)23(22)27(31)34/h2-10,15-18,21-23H,11-12H2,1H3,(H,30,32)/t15-,16-,17-,18-,21-,22+,23+/m0/s1. The SMILES string of the molecule is Cc1c(NC(=O)[C@H](Cc2ccccc2)N2C(=O)[C@@H]3[C@H]4C=C[C@@H]([C@@H]5C[C@@H]45)[C@H]3C2=O)ccc(Br)c1Cl. The predicted octanol–water partition coefficient (Wildman–Crippen LogP) is 5.01. The summed E-state index contributed by atoms with van der Waals surface area (Å²) in [6.45, 7) is 1.82. The van der Waals surface area contributed by atoms with Crippen molar-refractivity contribution in [1.29, 1.82) is 0 Å². The monoisotopic (exact) mass is 538 g/mol. The number of nitrogens with zero attached hydrogens (tertiary/aromatic N) is 1. The third kappa shape index (κ3) is 3.29. The van der Waals surface area contributed by atoms with E-state index in [9.17, 15) is 14.4 Å². The first-order valence-corrected chi connectivity index (χ1v) is 12.9. The lowest BCUT2D eigenvalue weighted by Gasteiger charge is -2.37. The summed E-state index contributed by atoms with van der Waals surface area (Å²) in [6, 6.07) is 12.2. The van der Waals surface area contributed by atoms with E-state index in [0.717, 1.165) is 22.0 Å². The Hall–Kier alpha value is -2.44. The smallest absolute Gasteiger partial charge is 0.248 e. The van der Waals surface area contributed by atoms with Crippen LogP contribution in [-0.2, 0) is 20.8 Å². The zero-order valence-corrected chi connectivity index (χ0v) is 20.9. The zero-order valence-electron chi connectivity index (χ0n) is 18.6. The molecule has 3 fully saturated rings. The van der Waals surface area contributed by atoms with Crippen LogP contribution >= 0.6 is 27.5 Å². The molecule has 2 bridgehead atoms. The summed E-state index contributed by atoms with van der Waals surface area (Å²) in [6.07, 6.45) is 5.66. The molecule has 5 aliphatic rings. The first kappa shape index (κ1) is 22.1. The molecule has 174 valence electrons. The van der Waals surface area contributed by atoms with Crippen LogP contribution < -0.4 is 5.32 Å². The van der Waals surface area contributed by atoms with E-state index in [4.69, 9.17) is 11.6 Å². The Bertz CT molecular complexity index is 1210. The number of benzene rings is 2. The summed E-state index contributed by atoms with van der Waals surface area (Å²) in [5.41, 5.74) is 2.18. The van der Waals surface area contributed by atoms with Gasteiger partial charge in [0.15, 0.2) is 0 Å². The van der Waals surface area contributed by atoms with E-state index in [2.05, 4.69) is 33.4 Å². The third-order valence-corrected chi connectivity index (χ3v) is 9.56. The molecule has 0 aromatic heterocycles. The number of allylic oxidation sites excluding steroid dienone is 2. The van der Waals surface area contributed by atoms with Crippen LogP contribution in [0, 0.1) is 42.4 Å². The van der Waals surface area contributed by atoms with Crippen molar-refractivity contribution in [2.75, 3.05) is 5.32 Å². The van der Waals surface area contributed by atoms with E-state index in [0.29, 0.717) is 22.5 Å². The highest BCUT2D eigenvalue weighted by atomic mass is 79.9. The van der Waals surface area contributed by atoms with Gasteiger partial charge < -0.3 is 5.32 Å². The summed E-state index contributed by atoms with van der Waals surface area (Å²) in [5.74, 6) is -0.158. The Balaban J connectivity index is 1.34. The maximum atomic E-state index is 13.7. The third-order valence-electron chi connectivity index (χ3n) is 8.18. The van der Waals surface area contributed by atoms with Gasteiger partial charge in [-0.3, -0.25) is 19.3 Å². The van der Waals surface area contributed by atoms with Crippen LogP contribution in [0.2, 0.25) is 5.02 Å². The lowest BCUT2D eigenvalue weighted by Crippen LogP contribution is -2.49. The van der Waals surface area contributed by atoms with E-state index in [1.54, 1.807) is 12.1 Å². The molecule has 7 rings (SSSR count). The Kier molecular flexibility index (Phi) is 5.23. The van der Waals surface area contributed by atoms with Crippen molar-refractivity contribution in [3.63, 3.8) is 0 Å². The van der Waals surface area contributed by atoms with Crippen molar-refractivity contribution >= 4 is 50.9 Å². The topological polar surface area (TPSA) is 66.5 Å². The Morgan fingerprint density at radius 2 is 1.68 bits per heavy atom.